The highest BCUT2D eigenvalue weighted by Gasteiger charge is 2.33. The summed E-state index contributed by atoms with van der Waals surface area (Å²) < 4.78 is 27.5. The molecule has 0 aromatic heterocycles. The van der Waals surface area contributed by atoms with Gasteiger partial charge >= 0.3 is 0 Å². The average Bonchev–Trinajstić information content (AvgIpc) is 2.46. The minimum atomic E-state index is -3.21. The third kappa shape index (κ3) is 5.54. The molecule has 0 saturated heterocycles. The van der Waals surface area contributed by atoms with Crippen LogP contribution in [0.1, 0.15) is 52.4 Å². The number of hydrogen-bond donors (Lipinski definition) is 2. The molecule has 1 fully saturated rings. The van der Waals surface area contributed by atoms with Gasteiger partial charge in [0.2, 0.25) is 10.0 Å². The highest BCUT2D eigenvalue weighted by molar-refractivity contribution is 8.00. The predicted molar refractivity (Wildman–Crippen MR) is 88.9 cm³/mol. The van der Waals surface area contributed by atoms with Crippen molar-refractivity contribution in [3.05, 3.63) is 0 Å². The van der Waals surface area contributed by atoms with Crippen molar-refractivity contribution < 1.29 is 8.42 Å². The molecule has 1 aliphatic rings. The molecule has 0 heterocycles. The molecule has 1 atom stereocenters. The molecule has 1 saturated carbocycles. The maximum Gasteiger partial charge on any atom is 0.215 e. The highest BCUT2D eigenvalue weighted by atomic mass is 32.2. The summed E-state index contributed by atoms with van der Waals surface area (Å²) in [6.07, 6.45) is 9.10. The van der Waals surface area contributed by atoms with E-state index >= 15 is 0 Å². The second-order valence-electron chi connectivity index (χ2n) is 5.83. The molecule has 0 aromatic carbocycles. The van der Waals surface area contributed by atoms with Gasteiger partial charge in [-0.3, -0.25) is 0 Å². The fraction of sp³-hybridized carbons (Fsp3) is 1.00. The number of nitrogens with one attached hydrogen (secondary N) is 2. The first-order valence-corrected chi connectivity index (χ1v) is 10.5. The summed E-state index contributed by atoms with van der Waals surface area (Å²) >= 11 is 1.82. The van der Waals surface area contributed by atoms with Crippen LogP contribution in [0.2, 0.25) is 0 Å². The highest BCUT2D eigenvalue weighted by Crippen LogP contribution is 2.38. The smallest absolute Gasteiger partial charge is 0.215 e. The van der Waals surface area contributed by atoms with E-state index in [1.165, 1.54) is 19.3 Å². The van der Waals surface area contributed by atoms with Crippen molar-refractivity contribution in [2.24, 2.45) is 0 Å². The third-order valence-corrected chi connectivity index (χ3v) is 7.37. The molecule has 1 rings (SSSR count). The zero-order chi connectivity index (χ0) is 15.1. The second-order valence-corrected chi connectivity index (χ2v) is 9.29. The Balaban J connectivity index is 2.48. The van der Waals surface area contributed by atoms with Gasteiger partial charge in [-0.25, -0.2) is 13.1 Å². The minimum Gasteiger partial charge on any atom is -0.315 e. The van der Waals surface area contributed by atoms with Crippen LogP contribution in [-0.2, 0) is 10.0 Å². The van der Waals surface area contributed by atoms with Gasteiger partial charge in [0.25, 0.3) is 0 Å². The Morgan fingerprint density at radius 3 is 2.45 bits per heavy atom. The summed E-state index contributed by atoms with van der Waals surface area (Å²) in [7, 11) is -3.21. The van der Waals surface area contributed by atoms with Crippen LogP contribution in [0, 0.1) is 0 Å². The molecule has 120 valence electrons. The second kappa shape index (κ2) is 8.61. The summed E-state index contributed by atoms with van der Waals surface area (Å²) in [5.41, 5.74) is 0. The van der Waals surface area contributed by atoms with Gasteiger partial charge in [0.05, 0.1) is 5.25 Å². The Morgan fingerprint density at radius 1 is 1.25 bits per heavy atom. The normalized spacial score (nSPS) is 20.8. The lowest BCUT2D eigenvalue weighted by molar-refractivity contribution is 0.394. The molecule has 4 nitrogen and oxygen atoms in total. The molecule has 0 spiro atoms. The van der Waals surface area contributed by atoms with Crippen molar-refractivity contribution in [2.45, 2.75) is 62.4 Å². The maximum absolute atomic E-state index is 12.3. The molecule has 0 aliphatic heterocycles. The first kappa shape index (κ1) is 18.3. The zero-order valence-corrected chi connectivity index (χ0v) is 14.7. The molecular weight excluding hydrogens is 292 g/mol. The summed E-state index contributed by atoms with van der Waals surface area (Å²) in [5, 5.41) is 2.80. The SMILES string of the molecule is CCCNCC(C)S(=O)(=O)NCC1(SC)CCCCC1. The molecule has 6 heteroatoms. The first-order valence-electron chi connectivity index (χ1n) is 7.70. The number of thioether (sulfide) groups is 1. The van der Waals surface area contributed by atoms with Gasteiger partial charge in [-0.1, -0.05) is 26.2 Å². The third-order valence-electron chi connectivity index (χ3n) is 4.18. The maximum atomic E-state index is 12.3. The van der Waals surface area contributed by atoms with Gasteiger partial charge < -0.3 is 5.32 Å². The van der Waals surface area contributed by atoms with Crippen LogP contribution in [0.3, 0.4) is 0 Å². The predicted octanol–water partition coefficient (Wildman–Crippen LogP) is 2.36. The van der Waals surface area contributed by atoms with E-state index in [9.17, 15) is 8.42 Å². The average molecular weight is 323 g/mol. The van der Waals surface area contributed by atoms with Gasteiger partial charge in [-0.15, -0.1) is 0 Å². The van der Waals surface area contributed by atoms with Gasteiger partial charge in [0.15, 0.2) is 0 Å². The van der Waals surface area contributed by atoms with E-state index < -0.39 is 10.0 Å². The van der Waals surface area contributed by atoms with Gasteiger partial charge in [0.1, 0.15) is 0 Å². The quantitative estimate of drug-likeness (QED) is 0.640. The van der Waals surface area contributed by atoms with Crippen LogP contribution in [0.5, 0.6) is 0 Å². The molecule has 1 unspecified atom stereocenters. The van der Waals surface area contributed by atoms with Crippen LogP contribution in [-0.4, -0.2) is 44.3 Å². The first-order chi connectivity index (χ1) is 9.46. The molecule has 1 aliphatic carbocycles. The van der Waals surface area contributed by atoms with Gasteiger partial charge in [-0.05, 0) is 39.0 Å². The summed E-state index contributed by atoms with van der Waals surface area (Å²) in [5.74, 6) is 0. The molecule has 0 bridgehead atoms. The monoisotopic (exact) mass is 322 g/mol. The van der Waals surface area contributed by atoms with E-state index in [1.807, 2.05) is 11.8 Å². The Kier molecular flexibility index (Phi) is 7.87. The van der Waals surface area contributed by atoms with Crippen molar-refractivity contribution in [1.29, 1.82) is 0 Å². The van der Waals surface area contributed by atoms with Crippen LogP contribution in [0.4, 0.5) is 0 Å². The van der Waals surface area contributed by atoms with Crippen molar-refractivity contribution >= 4 is 21.8 Å². The fourth-order valence-corrected chi connectivity index (χ4v) is 4.72. The molecular formula is C14H30N2O2S2. The lowest BCUT2D eigenvalue weighted by Gasteiger charge is -2.36. The lowest BCUT2D eigenvalue weighted by atomic mass is 9.88. The van der Waals surface area contributed by atoms with E-state index in [-0.39, 0.29) is 10.00 Å². The summed E-state index contributed by atoms with van der Waals surface area (Å²) in [6, 6.07) is 0. The molecule has 2 N–H and O–H groups in total. The molecule has 0 radical (unpaired) electrons. The Bertz CT molecular complexity index is 365. The topological polar surface area (TPSA) is 58.2 Å². The van der Waals surface area contributed by atoms with E-state index in [0.717, 1.165) is 25.8 Å². The fourth-order valence-electron chi connectivity index (χ4n) is 2.62. The van der Waals surface area contributed by atoms with Crippen molar-refractivity contribution in [3.8, 4) is 0 Å². The van der Waals surface area contributed by atoms with E-state index in [4.69, 9.17) is 0 Å². The Hall–Kier alpha value is 0.220. The largest absolute Gasteiger partial charge is 0.315 e. The molecule has 20 heavy (non-hydrogen) atoms. The molecule has 0 amide bonds. The van der Waals surface area contributed by atoms with Gasteiger partial charge in [0, 0.05) is 17.8 Å². The standard InChI is InChI=1S/C14H30N2O2S2/c1-4-10-15-11-13(2)20(17,18)16-12-14(19-3)8-6-5-7-9-14/h13,15-16H,4-12H2,1-3H3. The van der Waals surface area contributed by atoms with Gasteiger partial charge in [-0.2, -0.15) is 11.8 Å². The van der Waals surface area contributed by atoms with Crippen molar-refractivity contribution in [3.63, 3.8) is 0 Å². The van der Waals surface area contributed by atoms with Crippen LogP contribution in [0.25, 0.3) is 0 Å². The number of hydrogen-bond acceptors (Lipinski definition) is 4. The number of rotatable bonds is 9. The molecule has 0 aromatic rings. The van der Waals surface area contributed by atoms with E-state index in [2.05, 4.69) is 23.2 Å². The lowest BCUT2D eigenvalue weighted by Crippen LogP contribution is -2.46. The van der Waals surface area contributed by atoms with Crippen LogP contribution < -0.4 is 10.0 Å². The van der Waals surface area contributed by atoms with E-state index in [0.29, 0.717) is 13.1 Å². The van der Waals surface area contributed by atoms with Crippen LogP contribution in [0.15, 0.2) is 0 Å². The van der Waals surface area contributed by atoms with Crippen molar-refractivity contribution in [1.82, 2.24) is 10.0 Å². The Morgan fingerprint density at radius 2 is 1.90 bits per heavy atom. The van der Waals surface area contributed by atoms with Crippen LogP contribution >= 0.6 is 11.8 Å². The Labute approximate surface area is 128 Å². The minimum absolute atomic E-state index is 0.113. The summed E-state index contributed by atoms with van der Waals surface area (Å²) in [6.45, 7) is 5.83. The zero-order valence-electron chi connectivity index (χ0n) is 13.1. The van der Waals surface area contributed by atoms with Crippen molar-refractivity contribution in [2.75, 3.05) is 25.9 Å². The van der Waals surface area contributed by atoms with E-state index in [1.54, 1.807) is 6.92 Å². The number of sulfonamides is 1. The summed E-state index contributed by atoms with van der Waals surface area (Å²) in [4.78, 5) is 0.